The number of rotatable bonds is 7. The minimum Gasteiger partial charge on any atom is -0.309 e. The van der Waals surface area contributed by atoms with Gasteiger partial charge < -0.3 is 14.0 Å². The van der Waals surface area contributed by atoms with E-state index in [2.05, 4.69) is 299 Å². The highest BCUT2D eigenvalue weighted by molar-refractivity contribution is 6.14. The Morgan fingerprint density at radius 1 is 0.289 bits per heavy atom. The van der Waals surface area contributed by atoms with E-state index < -0.39 is 5.41 Å². The minimum absolute atomic E-state index is 0.595. The molecule has 354 valence electrons. The lowest BCUT2D eigenvalue weighted by Gasteiger charge is -2.39. The van der Waals surface area contributed by atoms with E-state index in [1.54, 1.807) is 0 Å². The molecule has 0 bridgehead atoms. The zero-order valence-electron chi connectivity index (χ0n) is 41.5. The lowest BCUT2D eigenvalue weighted by Crippen LogP contribution is -2.33. The van der Waals surface area contributed by atoms with Gasteiger partial charge in [-0.15, -0.1) is 0 Å². The highest BCUT2D eigenvalue weighted by atomic mass is 15.1. The Balaban J connectivity index is 0.934. The van der Waals surface area contributed by atoms with Crippen molar-refractivity contribution < 1.29 is 0 Å². The fourth-order valence-electron chi connectivity index (χ4n) is 13.4. The molecule has 3 nitrogen and oxygen atoms in total. The first-order valence-electron chi connectivity index (χ1n) is 26.3. The molecule has 2 aliphatic rings. The molecule has 1 spiro atoms. The molecular formula is C73H47N3. The van der Waals surface area contributed by atoms with Crippen LogP contribution < -0.4 is 4.90 Å². The highest BCUT2D eigenvalue weighted by Crippen LogP contribution is 2.63. The van der Waals surface area contributed by atoms with Crippen LogP contribution in [0.3, 0.4) is 0 Å². The first-order valence-corrected chi connectivity index (χ1v) is 26.3. The molecule has 1 atom stereocenters. The van der Waals surface area contributed by atoms with Gasteiger partial charge in [0.2, 0.25) is 0 Å². The van der Waals surface area contributed by atoms with Crippen LogP contribution in [0, 0.1) is 0 Å². The summed E-state index contributed by atoms with van der Waals surface area (Å²) >= 11 is 0. The standard InChI is InChI=1S/C73H47N3/c1-3-20-48(21-4-1)50-22-17-23-52(46-50)55-26-8-13-35-65(55)74(54-43-40-49(41-44-54)51-42-45-58-56-27-9-14-36-66(56)75(70(58)47-51)53-24-5-2-6-25-53)69-39-19-33-63-71(69)60-29-7-11-31-61(60)73(63)62-32-12-16-38-68(62)76-67-37-15-10-28-57(67)59-30-18-34-64(73)72(59)76/h1-47H. The summed E-state index contributed by atoms with van der Waals surface area (Å²) in [4.78, 5) is 2.53. The van der Waals surface area contributed by atoms with Gasteiger partial charge in [-0.25, -0.2) is 0 Å². The summed E-state index contributed by atoms with van der Waals surface area (Å²) in [5, 5.41) is 5.04. The Morgan fingerprint density at radius 3 is 1.64 bits per heavy atom. The fraction of sp³-hybridized carbons (Fsp3) is 0.0137. The van der Waals surface area contributed by atoms with E-state index in [9.17, 15) is 0 Å². The molecule has 16 rings (SSSR count). The van der Waals surface area contributed by atoms with Gasteiger partial charge in [-0.05, 0) is 122 Å². The van der Waals surface area contributed by atoms with Crippen LogP contribution in [0.1, 0.15) is 22.3 Å². The molecule has 1 aliphatic carbocycles. The Kier molecular flexibility index (Phi) is 9.25. The van der Waals surface area contributed by atoms with Gasteiger partial charge in [0, 0.05) is 44.0 Å². The molecule has 3 heteroatoms. The van der Waals surface area contributed by atoms with Crippen LogP contribution >= 0.6 is 0 Å². The number of anilines is 3. The molecule has 1 aliphatic heterocycles. The van der Waals surface area contributed by atoms with Crippen LogP contribution in [0.15, 0.2) is 285 Å². The first-order chi connectivity index (χ1) is 37.7. The molecule has 0 amide bonds. The van der Waals surface area contributed by atoms with Crippen molar-refractivity contribution in [2.45, 2.75) is 5.41 Å². The second kappa shape index (κ2) is 16.5. The maximum atomic E-state index is 2.53. The summed E-state index contributed by atoms with van der Waals surface area (Å²) in [6, 6.07) is 106. The quantitative estimate of drug-likeness (QED) is 0.155. The number of nitrogens with zero attached hydrogens (tertiary/aromatic N) is 3. The molecule has 3 heterocycles. The Morgan fingerprint density at radius 2 is 0.816 bits per heavy atom. The third kappa shape index (κ3) is 5.99. The third-order valence-electron chi connectivity index (χ3n) is 16.5. The number of benzene rings is 12. The van der Waals surface area contributed by atoms with Gasteiger partial charge in [-0.1, -0.05) is 218 Å². The van der Waals surface area contributed by atoms with E-state index >= 15 is 0 Å². The summed E-state index contributed by atoms with van der Waals surface area (Å²) in [7, 11) is 0. The number of aromatic nitrogens is 2. The van der Waals surface area contributed by atoms with E-state index in [4.69, 9.17) is 0 Å². The monoisotopic (exact) mass is 965 g/mol. The number of fused-ring (bicyclic) bond motifs is 15. The van der Waals surface area contributed by atoms with Crippen LogP contribution in [-0.2, 0) is 5.41 Å². The topological polar surface area (TPSA) is 13.1 Å². The Hall–Kier alpha value is -9.96. The van der Waals surface area contributed by atoms with E-state index in [1.807, 2.05) is 0 Å². The molecule has 2 aromatic heterocycles. The zero-order chi connectivity index (χ0) is 49.9. The molecule has 0 radical (unpaired) electrons. The van der Waals surface area contributed by atoms with Gasteiger partial charge in [0.15, 0.2) is 0 Å². The summed E-state index contributed by atoms with van der Waals surface area (Å²) in [6.07, 6.45) is 0. The fourth-order valence-corrected chi connectivity index (χ4v) is 13.4. The average molecular weight is 966 g/mol. The van der Waals surface area contributed by atoms with Crippen molar-refractivity contribution in [3.05, 3.63) is 307 Å². The number of hydrogen-bond donors (Lipinski definition) is 0. The predicted molar refractivity (Wildman–Crippen MR) is 317 cm³/mol. The van der Waals surface area contributed by atoms with Crippen molar-refractivity contribution in [2.75, 3.05) is 4.90 Å². The Labute approximate surface area is 441 Å². The van der Waals surface area contributed by atoms with Gasteiger partial charge in [0.05, 0.1) is 44.5 Å². The lowest BCUT2D eigenvalue weighted by molar-refractivity contribution is 0.748. The van der Waals surface area contributed by atoms with Crippen molar-refractivity contribution in [1.82, 2.24) is 9.13 Å². The van der Waals surface area contributed by atoms with Crippen LogP contribution in [0.2, 0.25) is 0 Å². The van der Waals surface area contributed by atoms with Crippen LogP contribution in [-0.4, -0.2) is 9.13 Å². The SMILES string of the molecule is c1ccc(-c2cccc(-c3ccccc3N(c3ccc(-c4ccc5c6ccccc6n(-c6ccccc6)c5c4)cc3)c3cccc4c3-c3ccccc3C43c4ccccc4-n4c5ccccc5c5cccc3c54)c2)cc1. The molecule has 0 fully saturated rings. The van der Waals surface area contributed by atoms with Crippen molar-refractivity contribution in [3.8, 4) is 55.9 Å². The molecule has 14 aromatic rings. The largest absolute Gasteiger partial charge is 0.309 e. The molecule has 0 saturated heterocycles. The lowest BCUT2D eigenvalue weighted by atomic mass is 9.65. The van der Waals surface area contributed by atoms with E-state index in [0.717, 1.165) is 39.4 Å². The molecule has 12 aromatic carbocycles. The van der Waals surface area contributed by atoms with Crippen LogP contribution in [0.5, 0.6) is 0 Å². The second-order valence-corrected chi connectivity index (χ2v) is 20.3. The molecular weight excluding hydrogens is 919 g/mol. The number of hydrogen-bond acceptors (Lipinski definition) is 1. The maximum Gasteiger partial charge on any atom is 0.0755 e. The van der Waals surface area contributed by atoms with Crippen LogP contribution in [0.4, 0.5) is 17.1 Å². The summed E-state index contributed by atoms with van der Waals surface area (Å²) in [5.74, 6) is 0. The molecule has 1 unspecified atom stereocenters. The van der Waals surface area contributed by atoms with Gasteiger partial charge in [-0.2, -0.15) is 0 Å². The van der Waals surface area contributed by atoms with E-state index in [-0.39, 0.29) is 0 Å². The predicted octanol–water partition coefficient (Wildman–Crippen LogP) is 19.0. The molecule has 76 heavy (non-hydrogen) atoms. The number of para-hydroxylation sites is 6. The van der Waals surface area contributed by atoms with Crippen molar-refractivity contribution in [2.24, 2.45) is 0 Å². The normalized spacial score (nSPS) is 14.1. The third-order valence-corrected chi connectivity index (χ3v) is 16.5. The van der Waals surface area contributed by atoms with Gasteiger partial charge >= 0.3 is 0 Å². The summed E-state index contributed by atoms with van der Waals surface area (Å²) in [5.41, 5.74) is 24.7. The van der Waals surface area contributed by atoms with Gasteiger partial charge in [-0.3, -0.25) is 0 Å². The molecule has 0 saturated carbocycles. The Bertz CT molecular complexity index is 4640. The second-order valence-electron chi connectivity index (χ2n) is 20.3. The minimum atomic E-state index is -0.595. The maximum absolute atomic E-state index is 2.53. The zero-order valence-corrected chi connectivity index (χ0v) is 41.5. The van der Waals surface area contributed by atoms with Gasteiger partial charge in [0.1, 0.15) is 0 Å². The van der Waals surface area contributed by atoms with Gasteiger partial charge in [0.25, 0.3) is 0 Å². The first kappa shape index (κ1) is 42.5. The molecule has 0 N–H and O–H groups in total. The van der Waals surface area contributed by atoms with Crippen molar-refractivity contribution in [3.63, 3.8) is 0 Å². The average Bonchev–Trinajstić information content (AvgIpc) is 4.28. The smallest absolute Gasteiger partial charge is 0.0755 e. The van der Waals surface area contributed by atoms with Crippen molar-refractivity contribution in [1.29, 1.82) is 0 Å². The van der Waals surface area contributed by atoms with Crippen LogP contribution in [0.25, 0.3) is 99.5 Å². The summed E-state index contributed by atoms with van der Waals surface area (Å²) in [6.45, 7) is 0. The van der Waals surface area contributed by atoms with E-state index in [1.165, 1.54) is 99.4 Å². The van der Waals surface area contributed by atoms with E-state index in [0.29, 0.717) is 0 Å². The summed E-state index contributed by atoms with van der Waals surface area (Å²) < 4.78 is 4.93. The van der Waals surface area contributed by atoms with Crippen molar-refractivity contribution >= 4 is 60.7 Å². The highest BCUT2D eigenvalue weighted by Gasteiger charge is 2.51.